The Morgan fingerprint density at radius 3 is 2.32 bits per heavy atom. The first kappa shape index (κ1) is 20.9. The van der Waals surface area contributed by atoms with Crippen LogP contribution >= 0.6 is 11.8 Å². The molecule has 0 N–H and O–H groups in total. The summed E-state index contributed by atoms with van der Waals surface area (Å²) in [5.41, 5.74) is 2.58. The van der Waals surface area contributed by atoms with Gasteiger partial charge in [-0.2, -0.15) is 0 Å². The van der Waals surface area contributed by atoms with Crippen molar-refractivity contribution in [2.75, 3.05) is 5.75 Å². The van der Waals surface area contributed by atoms with Crippen molar-refractivity contribution in [3.05, 3.63) is 92.1 Å². The van der Waals surface area contributed by atoms with Crippen LogP contribution in [0.15, 0.2) is 69.3 Å². The molecule has 0 saturated heterocycles. The van der Waals surface area contributed by atoms with E-state index in [1.54, 1.807) is 23.7 Å². The van der Waals surface area contributed by atoms with Crippen molar-refractivity contribution >= 4 is 28.7 Å². The zero-order valence-corrected chi connectivity index (χ0v) is 18.3. The first-order chi connectivity index (χ1) is 14.9. The Labute approximate surface area is 183 Å². The second-order valence-electron chi connectivity index (χ2n) is 7.42. The van der Waals surface area contributed by atoms with Gasteiger partial charge >= 0.3 is 5.69 Å². The summed E-state index contributed by atoms with van der Waals surface area (Å²) in [6.07, 6.45) is 0. The van der Waals surface area contributed by atoms with Gasteiger partial charge in [-0.3, -0.25) is 18.7 Å². The summed E-state index contributed by atoms with van der Waals surface area (Å²) >= 11 is 1.27. The Morgan fingerprint density at radius 1 is 0.968 bits per heavy atom. The highest BCUT2D eigenvalue weighted by Crippen LogP contribution is 2.24. The Morgan fingerprint density at radius 2 is 1.65 bits per heavy atom. The number of hydrogen-bond donors (Lipinski definition) is 0. The normalized spacial score (nSPS) is 11.2. The summed E-state index contributed by atoms with van der Waals surface area (Å²) in [7, 11) is 3.05. The molecule has 31 heavy (non-hydrogen) atoms. The lowest BCUT2D eigenvalue weighted by Gasteiger charge is -2.10. The molecule has 2 aromatic carbocycles. The highest BCUT2D eigenvalue weighted by atomic mass is 32.2. The predicted octanol–water partition coefficient (Wildman–Crippen LogP) is 2.77. The smallest absolute Gasteiger partial charge is 0.309 e. The lowest BCUT2D eigenvalue weighted by Crippen LogP contribution is -2.37. The van der Waals surface area contributed by atoms with Gasteiger partial charge in [-0.1, -0.05) is 71.9 Å². The van der Waals surface area contributed by atoms with Crippen molar-refractivity contribution in [2.24, 2.45) is 14.1 Å². The average Bonchev–Trinajstić information content (AvgIpc) is 3.15. The van der Waals surface area contributed by atoms with Crippen LogP contribution < -0.4 is 11.2 Å². The molecule has 158 valence electrons. The molecule has 0 radical (unpaired) electrons. The van der Waals surface area contributed by atoms with Crippen molar-refractivity contribution in [3.63, 3.8) is 0 Å². The molecular formula is C23H22N4O3S. The molecule has 2 aromatic heterocycles. The third kappa shape index (κ3) is 3.98. The summed E-state index contributed by atoms with van der Waals surface area (Å²) in [5, 5.41) is 0.526. The molecule has 0 spiro atoms. The molecule has 4 aromatic rings. The lowest BCUT2D eigenvalue weighted by molar-refractivity contribution is 0.102. The lowest BCUT2D eigenvalue weighted by atomic mass is 10.1. The van der Waals surface area contributed by atoms with E-state index in [0.29, 0.717) is 28.4 Å². The van der Waals surface area contributed by atoms with Crippen molar-refractivity contribution < 1.29 is 4.79 Å². The molecule has 0 fully saturated rings. The zero-order valence-electron chi connectivity index (χ0n) is 17.5. The molecule has 0 amide bonds. The van der Waals surface area contributed by atoms with Crippen LogP contribution in [-0.2, 0) is 20.6 Å². The average molecular weight is 435 g/mol. The Kier molecular flexibility index (Phi) is 5.65. The van der Waals surface area contributed by atoms with Crippen LogP contribution in [0.2, 0.25) is 0 Å². The molecular weight excluding hydrogens is 412 g/mol. The molecule has 7 nitrogen and oxygen atoms in total. The van der Waals surface area contributed by atoms with Crippen LogP contribution in [0.5, 0.6) is 0 Å². The minimum atomic E-state index is -0.436. The van der Waals surface area contributed by atoms with Gasteiger partial charge < -0.3 is 4.57 Å². The number of hydrogen-bond acceptors (Lipinski definition) is 5. The molecule has 2 heterocycles. The van der Waals surface area contributed by atoms with Crippen LogP contribution in [0.25, 0.3) is 11.2 Å². The Hall–Kier alpha value is -3.39. The predicted molar refractivity (Wildman–Crippen MR) is 122 cm³/mol. The van der Waals surface area contributed by atoms with Crippen molar-refractivity contribution in [3.8, 4) is 0 Å². The van der Waals surface area contributed by atoms with E-state index in [4.69, 9.17) is 0 Å². The number of carbonyl (C=O) groups is 1. The second-order valence-corrected chi connectivity index (χ2v) is 8.36. The number of benzene rings is 2. The number of carbonyl (C=O) groups excluding carboxylic acids is 1. The van der Waals surface area contributed by atoms with E-state index in [9.17, 15) is 14.4 Å². The number of nitrogens with zero attached hydrogens (tertiary/aromatic N) is 4. The molecule has 0 atom stereocenters. The number of thioether (sulfide) groups is 1. The van der Waals surface area contributed by atoms with Crippen molar-refractivity contribution in [1.29, 1.82) is 0 Å². The van der Waals surface area contributed by atoms with Gasteiger partial charge in [0.15, 0.2) is 22.1 Å². The van der Waals surface area contributed by atoms with Gasteiger partial charge in [0.25, 0.3) is 5.56 Å². The van der Waals surface area contributed by atoms with Crippen LogP contribution in [-0.4, -0.2) is 30.2 Å². The molecule has 0 bridgehead atoms. The minimum absolute atomic E-state index is 0.0265. The first-order valence-electron chi connectivity index (χ1n) is 9.79. The summed E-state index contributed by atoms with van der Waals surface area (Å²) in [5.74, 6) is 0.150. The van der Waals surface area contributed by atoms with Gasteiger partial charge in [-0.15, -0.1) is 0 Å². The van der Waals surface area contributed by atoms with Gasteiger partial charge in [0, 0.05) is 19.7 Å². The van der Waals surface area contributed by atoms with E-state index in [-0.39, 0.29) is 11.5 Å². The number of ketones is 1. The largest absolute Gasteiger partial charge is 0.332 e. The fraction of sp³-hybridized carbons (Fsp3) is 0.217. The zero-order chi connectivity index (χ0) is 22.1. The third-order valence-electron chi connectivity index (χ3n) is 5.20. The van der Waals surface area contributed by atoms with Gasteiger partial charge in [-0.25, -0.2) is 9.78 Å². The highest BCUT2D eigenvalue weighted by molar-refractivity contribution is 7.99. The van der Waals surface area contributed by atoms with Gasteiger partial charge in [0.1, 0.15) is 0 Å². The number of Topliss-reactive ketones (excluding diaryl/α,β-unsaturated/α-hetero) is 1. The molecule has 0 aliphatic carbocycles. The molecule has 8 heteroatoms. The quantitative estimate of drug-likeness (QED) is 0.344. The van der Waals surface area contributed by atoms with Crippen LogP contribution in [0.4, 0.5) is 0 Å². The minimum Gasteiger partial charge on any atom is -0.309 e. The molecule has 4 rings (SSSR count). The van der Waals surface area contributed by atoms with E-state index in [1.807, 2.05) is 49.4 Å². The fourth-order valence-corrected chi connectivity index (χ4v) is 4.29. The maximum Gasteiger partial charge on any atom is 0.332 e. The Balaban J connectivity index is 1.79. The van der Waals surface area contributed by atoms with E-state index < -0.39 is 11.2 Å². The first-order valence-corrected chi connectivity index (χ1v) is 10.8. The SMILES string of the molecule is Cc1ccc(Cn2c(SCC(=O)c3ccccc3)nc3c2c(=O)n(C)c(=O)n3C)cc1. The summed E-state index contributed by atoms with van der Waals surface area (Å²) < 4.78 is 4.25. The number of aromatic nitrogens is 4. The van der Waals surface area contributed by atoms with E-state index in [2.05, 4.69) is 4.98 Å². The number of imidazole rings is 1. The molecule has 0 aliphatic rings. The second kappa shape index (κ2) is 8.39. The van der Waals surface area contributed by atoms with Gasteiger partial charge in [-0.05, 0) is 12.5 Å². The number of rotatable bonds is 6. The monoisotopic (exact) mass is 434 g/mol. The van der Waals surface area contributed by atoms with Crippen molar-refractivity contribution in [1.82, 2.24) is 18.7 Å². The summed E-state index contributed by atoms with van der Waals surface area (Å²) in [6.45, 7) is 2.42. The number of fused-ring (bicyclic) bond motifs is 1. The van der Waals surface area contributed by atoms with E-state index in [1.165, 1.54) is 23.4 Å². The number of aryl methyl sites for hydroxylation is 2. The highest BCUT2D eigenvalue weighted by Gasteiger charge is 2.20. The third-order valence-corrected chi connectivity index (χ3v) is 6.18. The van der Waals surface area contributed by atoms with Gasteiger partial charge in [0.2, 0.25) is 0 Å². The van der Waals surface area contributed by atoms with Crippen LogP contribution in [0, 0.1) is 6.92 Å². The maximum absolute atomic E-state index is 13.0. The van der Waals surface area contributed by atoms with E-state index in [0.717, 1.165) is 15.7 Å². The molecule has 0 saturated carbocycles. The van der Waals surface area contributed by atoms with Crippen LogP contribution in [0.3, 0.4) is 0 Å². The summed E-state index contributed by atoms with van der Waals surface area (Å²) in [4.78, 5) is 42.5. The molecule has 0 aliphatic heterocycles. The maximum atomic E-state index is 13.0. The Bertz CT molecular complexity index is 1380. The van der Waals surface area contributed by atoms with Crippen molar-refractivity contribution in [2.45, 2.75) is 18.6 Å². The standard InChI is InChI=1S/C23H22N4O3S/c1-15-9-11-16(12-10-15)13-27-19-20(25(2)23(30)26(3)21(19)29)24-22(27)31-14-18(28)17-7-5-4-6-8-17/h4-12H,13-14H2,1-3H3. The summed E-state index contributed by atoms with van der Waals surface area (Å²) in [6, 6.07) is 17.1. The van der Waals surface area contributed by atoms with Crippen LogP contribution in [0.1, 0.15) is 21.5 Å². The van der Waals surface area contributed by atoms with E-state index >= 15 is 0 Å². The fourth-order valence-electron chi connectivity index (χ4n) is 3.40. The topological polar surface area (TPSA) is 78.9 Å². The molecule has 0 unspecified atom stereocenters. The van der Waals surface area contributed by atoms with Gasteiger partial charge in [0.05, 0.1) is 12.3 Å².